The molecule has 0 aliphatic carbocycles. The van der Waals surface area contributed by atoms with E-state index < -0.39 is 11.1 Å². The number of hydrogen-bond acceptors (Lipinski definition) is 4. The summed E-state index contributed by atoms with van der Waals surface area (Å²) in [4.78, 5) is 27.6. The van der Waals surface area contributed by atoms with Crippen molar-refractivity contribution in [2.45, 2.75) is 13.5 Å². The molecule has 1 heterocycles. The van der Waals surface area contributed by atoms with E-state index in [1.165, 1.54) is 0 Å². The number of nitrogens with zero attached hydrogens (tertiary/aromatic N) is 1. The Kier molecular flexibility index (Phi) is 3.26. The van der Waals surface area contributed by atoms with Crippen LogP contribution in [0, 0.1) is 11.3 Å². The Morgan fingerprint density at radius 3 is 2.67 bits per heavy atom. The molecule has 0 amide bonds. The molecule has 6 nitrogen and oxygen atoms in total. The third-order valence-corrected chi connectivity index (χ3v) is 2.61. The molecule has 0 radical (unpaired) electrons. The SMILES string of the molecule is CCNCc1cc(C#N)cc2[nH]c(=O)c(=O)[nH]c12. The summed E-state index contributed by atoms with van der Waals surface area (Å²) in [7, 11) is 0. The Labute approximate surface area is 102 Å². The fraction of sp³-hybridized carbons (Fsp3) is 0.250. The van der Waals surface area contributed by atoms with Crippen molar-refractivity contribution in [1.29, 1.82) is 5.26 Å². The second-order valence-electron chi connectivity index (χ2n) is 3.86. The van der Waals surface area contributed by atoms with E-state index in [1.807, 2.05) is 13.0 Å². The van der Waals surface area contributed by atoms with Crippen LogP contribution in [0.1, 0.15) is 18.1 Å². The Balaban J connectivity index is 2.73. The van der Waals surface area contributed by atoms with Crippen LogP contribution < -0.4 is 16.4 Å². The maximum atomic E-state index is 11.3. The molecule has 0 aliphatic heterocycles. The third kappa shape index (κ3) is 2.17. The van der Waals surface area contributed by atoms with Gasteiger partial charge in [0, 0.05) is 6.54 Å². The summed E-state index contributed by atoms with van der Waals surface area (Å²) in [6, 6.07) is 5.27. The summed E-state index contributed by atoms with van der Waals surface area (Å²) in [5.41, 5.74) is 0.834. The van der Waals surface area contributed by atoms with Crippen molar-refractivity contribution in [3.05, 3.63) is 44.0 Å². The van der Waals surface area contributed by atoms with Gasteiger partial charge in [-0.1, -0.05) is 6.92 Å². The van der Waals surface area contributed by atoms with E-state index >= 15 is 0 Å². The van der Waals surface area contributed by atoms with Gasteiger partial charge in [-0.3, -0.25) is 9.59 Å². The molecular weight excluding hydrogens is 232 g/mol. The van der Waals surface area contributed by atoms with Crippen molar-refractivity contribution >= 4 is 11.0 Å². The van der Waals surface area contributed by atoms with Crippen molar-refractivity contribution < 1.29 is 0 Å². The molecule has 0 unspecified atom stereocenters. The molecule has 0 aliphatic rings. The van der Waals surface area contributed by atoms with E-state index in [-0.39, 0.29) is 0 Å². The molecule has 2 rings (SSSR count). The Bertz CT molecular complexity index is 736. The molecule has 1 aromatic heterocycles. The normalized spacial score (nSPS) is 10.4. The number of nitrogens with one attached hydrogen (secondary N) is 3. The highest BCUT2D eigenvalue weighted by molar-refractivity contribution is 5.79. The minimum atomic E-state index is -0.716. The number of fused-ring (bicyclic) bond motifs is 1. The predicted octanol–water partition coefficient (Wildman–Crippen LogP) is 0.198. The Morgan fingerprint density at radius 2 is 2.00 bits per heavy atom. The van der Waals surface area contributed by atoms with Gasteiger partial charge in [-0.15, -0.1) is 0 Å². The number of H-pyrrole nitrogens is 2. The van der Waals surface area contributed by atoms with Crippen molar-refractivity contribution in [3.63, 3.8) is 0 Å². The van der Waals surface area contributed by atoms with E-state index in [1.54, 1.807) is 12.1 Å². The molecule has 0 spiro atoms. The zero-order valence-corrected chi connectivity index (χ0v) is 9.83. The quantitative estimate of drug-likeness (QED) is 0.671. The molecule has 0 fully saturated rings. The highest BCUT2D eigenvalue weighted by Crippen LogP contribution is 2.15. The molecule has 0 atom stereocenters. The van der Waals surface area contributed by atoms with Crippen molar-refractivity contribution in [2.24, 2.45) is 0 Å². The summed E-state index contributed by atoms with van der Waals surface area (Å²) < 4.78 is 0. The van der Waals surface area contributed by atoms with Crippen molar-refractivity contribution in [1.82, 2.24) is 15.3 Å². The smallest absolute Gasteiger partial charge is 0.314 e. The second kappa shape index (κ2) is 4.85. The molecule has 0 bridgehead atoms. The third-order valence-electron chi connectivity index (χ3n) is 2.61. The molecule has 2 aromatic rings. The molecule has 92 valence electrons. The lowest BCUT2D eigenvalue weighted by Crippen LogP contribution is -2.29. The molecule has 6 heteroatoms. The van der Waals surface area contributed by atoms with Crippen molar-refractivity contribution in [3.8, 4) is 6.07 Å². The standard InChI is InChI=1S/C12H12N4O2/c1-2-14-6-8-3-7(5-13)4-9-10(8)16-12(18)11(17)15-9/h3-4,14H,2,6H2,1H3,(H,15,17)(H,16,18). The average Bonchev–Trinajstić information content (AvgIpc) is 2.37. The first-order valence-electron chi connectivity index (χ1n) is 5.55. The minimum Gasteiger partial charge on any atom is -0.316 e. The van der Waals surface area contributed by atoms with Gasteiger partial charge in [0.25, 0.3) is 0 Å². The molecular formula is C12H12N4O2. The highest BCUT2D eigenvalue weighted by Gasteiger charge is 2.07. The van der Waals surface area contributed by atoms with Gasteiger partial charge in [0.1, 0.15) is 0 Å². The molecule has 18 heavy (non-hydrogen) atoms. The van der Waals surface area contributed by atoms with Crippen LogP contribution in [0.3, 0.4) is 0 Å². The van der Waals surface area contributed by atoms with Gasteiger partial charge in [-0.2, -0.15) is 5.26 Å². The maximum absolute atomic E-state index is 11.3. The zero-order valence-electron chi connectivity index (χ0n) is 9.83. The molecule has 3 N–H and O–H groups in total. The Morgan fingerprint density at radius 1 is 1.28 bits per heavy atom. The van der Waals surface area contributed by atoms with E-state index in [0.29, 0.717) is 23.1 Å². The summed E-state index contributed by atoms with van der Waals surface area (Å²) in [5, 5.41) is 12.1. The number of rotatable bonds is 3. The molecule has 1 aromatic carbocycles. The minimum absolute atomic E-state index is 0.443. The average molecular weight is 244 g/mol. The predicted molar refractivity (Wildman–Crippen MR) is 67.3 cm³/mol. The number of hydrogen-bond donors (Lipinski definition) is 3. The largest absolute Gasteiger partial charge is 0.316 e. The van der Waals surface area contributed by atoms with Crippen LogP contribution in [0.25, 0.3) is 11.0 Å². The van der Waals surface area contributed by atoms with E-state index in [4.69, 9.17) is 5.26 Å². The first kappa shape index (κ1) is 12.1. The summed E-state index contributed by atoms with van der Waals surface area (Å²) in [6.45, 7) is 3.25. The van der Waals surface area contributed by atoms with E-state index in [0.717, 1.165) is 12.1 Å². The van der Waals surface area contributed by atoms with Crippen LogP contribution in [-0.2, 0) is 6.54 Å². The monoisotopic (exact) mass is 244 g/mol. The number of aromatic amines is 2. The summed E-state index contributed by atoms with van der Waals surface area (Å²) >= 11 is 0. The van der Waals surface area contributed by atoms with Gasteiger partial charge in [-0.25, -0.2) is 0 Å². The van der Waals surface area contributed by atoms with Crippen LogP contribution in [0.4, 0.5) is 0 Å². The van der Waals surface area contributed by atoms with Crippen molar-refractivity contribution in [2.75, 3.05) is 6.54 Å². The fourth-order valence-corrected chi connectivity index (χ4v) is 1.76. The van der Waals surface area contributed by atoms with Gasteiger partial charge in [-0.05, 0) is 24.2 Å². The number of benzene rings is 1. The Hall–Kier alpha value is -2.39. The summed E-state index contributed by atoms with van der Waals surface area (Å²) in [6.07, 6.45) is 0. The van der Waals surface area contributed by atoms with Crippen LogP contribution in [0.15, 0.2) is 21.7 Å². The lowest BCUT2D eigenvalue weighted by Gasteiger charge is -2.07. The van der Waals surface area contributed by atoms with Crippen LogP contribution >= 0.6 is 0 Å². The number of nitriles is 1. The van der Waals surface area contributed by atoms with Gasteiger partial charge in [0.05, 0.1) is 22.7 Å². The zero-order chi connectivity index (χ0) is 13.1. The lowest BCUT2D eigenvalue weighted by molar-refractivity contribution is 0.729. The van der Waals surface area contributed by atoms with Crippen LogP contribution in [0.2, 0.25) is 0 Å². The lowest BCUT2D eigenvalue weighted by atomic mass is 10.1. The van der Waals surface area contributed by atoms with Crippen LogP contribution in [-0.4, -0.2) is 16.5 Å². The summed E-state index contributed by atoms with van der Waals surface area (Å²) in [5.74, 6) is 0. The first-order chi connectivity index (χ1) is 8.65. The van der Waals surface area contributed by atoms with E-state index in [9.17, 15) is 9.59 Å². The fourth-order valence-electron chi connectivity index (χ4n) is 1.76. The van der Waals surface area contributed by atoms with Gasteiger partial charge in [0.15, 0.2) is 0 Å². The topological polar surface area (TPSA) is 102 Å². The van der Waals surface area contributed by atoms with Gasteiger partial charge >= 0.3 is 11.1 Å². The maximum Gasteiger partial charge on any atom is 0.314 e. The van der Waals surface area contributed by atoms with Gasteiger partial charge in [0.2, 0.25) is 0 Å². The molecule has 0 saturated heterocycles. The second-order valence-corrected chi connectivity index (χ2v) is 3.86. The van der Waals surface area contributed by atoms with E-state index in [2.05, 4.69) is 15.3 Å². The first-order valence-corrected chi connectivity index (χ1v) is 5.55. The van der Waals surface area contributed by atoms with Gasteiger partial charge < -0.3 is 15.3 Å². The highest BCUT2D eigenvalue weighted by atomic mass is 16.2. The van der Waals surface area contributed by atoms with Crippen LogP contribution in [0.5, 0.6) is 0 Å². The number of aromatic nitrogens is 2. The molecule has 0 saturated carbocycles.